The third-order valence-corrected chi connectivity index (χ3v) is 4.15. The lowest BCUT2D eigenvalue weighted by atomic mass is 10.3. The second-order valence-corrected chi connectivity index (χ2v) is 6.26. The molecule has 2 aromatic carbocycles. The minimum Gasteiger partial charge on any atom is -0.439 e. The molecule has 2 heterocycles. The first-order valence-corrected chi connectivity index (χ1v) is 8.98. The molecule has 0 bridgehead atoms. The van der Waals surface area contributed by atoms with Gasteiger partial charge in [0.25, 0.3) is 0 Å². The van der Waals surface area contributed by atoms with E-state index in [1.165, 1.54) is 6.33 Å². The quantitative estimate of drug-likeness (QED) is 0.498. The van der Waals surface area contributed by atoms with Crippen LogP contribution >= 0.6 is 11.6 Å². The van der Waals surface area contributed by atoms with Gasteiger partial charge >= 0.3 is 6.03 Å². The number of nitrogens with zero attached hydrogens (tertiary/aromatic N) is 4. The van der Waals surface area contributed by atoms with Crippen LogP contribution in [-0.2, 0) is 0 Å². The molecule has 0 radical (unpaired) electrons. The van der Waals surface area contributed by atoms with Crippen LogP contribution in [-0.4, -0.2) is 25.8 Å². The van der Waals surface area contributed by atoms with Gasteiger partial charge in [-0.05, 0) is 42.5 Å². The van der Waals surface area contributed by atoms with Crippen molar-refractivity contribution in [2.45, 2.75) is 0 Å². The summed E-state index contributed by atoms with van der Waals surface area (Å²) >= 11 is 6.04. The number of aromatic nitrogens is 4. The standard InChI is InChI=1S/C20H15ClN6O2/c21-16-4-1-2-5-17(16)26-20(28)25-14-6-8-15(9-7-14)29-19-12-18(22-13-23-19)27-11-3-10-24-27/h1-13H,(H2,25,26,28). The first-order chi connectivity index (χ1) is 14.2. The number of halogens is 1. The van der Waals surface area contributed by atoms with Gasteiger partial charge in [0.15, 0.2) is 5.82 Å². The van der Waals surface area contributed by atoms with Gasteiger partial charge in [-0.3, -0.25) is 0 Å². The lowest BCUT2D eigenvalue weighted by molar-refractivity contribution is 0.262. The van der Waals surface area contributed by atoms with E-state index >= 15 is 0 Å². The summed E-state index contributed by atoms with van der Waals surface area (Å²) in [6.07, 6.45) is 4.85. The van der Waals surface area contributed by atoms with Gasteiger partial charge in [-0.2, -0.15) is 5.10 Å². The predicted molar refractivity (Wildman–Crippen MR) is 110 cm³/mol. The molecule has 0 atom stereocenters. The first kappa shape index (κ1) is 18.5. The molecule has 8 nitrogen and oxygen atoms in total. The zero-order valence-corrected chi connectivity index (χ0v) is 15.7. The minimum atomic E-state index is -0.397. The molecule has 0 unspecified atom stereocenters. The SMILES string of the molecule is O=C(Nc1ccc(Oc2cc(-n3cccn3)ncn2)cc1)Nc1ccccc1Cl. The van der Waals surface area contributed by atoms with Crippen molar-refractivity contribution in [3.8, 4) is 17.4 Å². The molecule has 2 N–H and O–H groups in total. The highest BCUT2D eigenvalue weighted by molar-refractivity contribution is 6.33. The Balaban J connectivity index is 1.39. The van der Waals surface area contributed by atoms with Crippen LogP contribution in [0, 0.1) is 0 Å². The highest BCUT2D eigenvalue weighted by Crippen LogP contribution is 2.23. The molecule has 29 heavy (non-hydrogen) atoms. The molecule has 9 heteroatoms. The van der Waals surface area contributed by atoms with Crippen LogP contribution in [0.3, 0.4) is 0 Å². The number of hydrogen-bond acceptors (Lipinski definition) is 5. The molecular formula is C20H15ClN6O2. The van der Waals surface area contributed by atoms with Crippen molar-refractivity contribution in [2.24, 2.45) is 0 Å². The zero-order valence-electron chi connectivity index (χ0n) is 15.0. The van der Waals surface area contributed by atoms with Crippen molar-refractivity contribution in [1.82, 2.24) is 19.7 Å². The average Bonchev–Trinajstić information content (AvgIpc) is 3.26. The molecule has 0 aliphatic carbocycles. The van der Waals surface area contributed by atoms with Crippen molar-refractivity contribution in [1.29, 1.82) is 0 Å². The van der Waals surface area contributed by atoms with Gasteiger partial charge in [-0.15, -0.1) is 0 Å². The van der Waals surface area contributed by atoms with E-state index in [0.29, 0.717) is 33.8 Å². The highest BCUT2D eigenvalue weighted by Gasteiger charge is 2.07. The number of urea groups is 1. The second-order valence-electron chi connectivity index (χ2n) is 5.85. The van der Waals surface area contributed by atoms with Gasteiger partial charge in [0, 0.05) is 24.1 Å². The molecule has 4 rings (SSSR count). The van der Waals surface area contributed by atoms with Gasteiger partial charge in [0.05, 0.1) is 10.7 Å². The maximum Gasteiger partial charge on any atom is 0.323 e. The Morgan fingerprint density at radius 1 is 1.00 bits per heavy atom. The fraction of sp³-hybridized carbons (Fsp3) is 0. The number of ether oxygens (including phenoxy) is 1. The topological polar surface area (TPSA) is 94.0 Å². The Labute approximate surface area is 171 Å². The van der Waals surface area contributed by atoms with E-state index in [0.717, 1.165) is 0 Å². The molecule has 2 amide bonds. The summed E-state index contributed by atoms with van der Waals surface area (Å²) in [5.41, 5.74) is 1.13. The molecular weight excluding hydrogens is 392 g/mol. The van der Waals surface area contributed by atoms with Gasteiger partial charge in [0.1, 0.15) is 12.1 Å². The summed E-state index contributed by atoms with van der Waals surface area (Å²) in [7, 11) is 0. The van der Waals surface area contributed by atoms with Crippen molar-refractivity contribution in [3.63, 3.8) is 0 Å². The van der Waals surface area contributed by atoms with E-state index in [1.54, 1.807) is 77.7 Å². The number of anilines is 2. The Kier molecular flexibility index (Phi) is 5.35. The number of nitrogens with one attached hydrogen (secondary N) is 2. The maximum atomic E-state index is 12.1. The Morgan fingerprint density at radius 3 is 2.59 bits per heavy atom. The number of benzene rings is 2. The fourth-order valence-electron chi connectivity index (χ4n) is 2.49. The zero-order chi connectivity index (χ0) is 20.1. The normalized spacial score (nSPS) is 10.4. The molecule has 0 aliphatic rings. The summed E-state index contributed by atoms with van der Waals surface area (Å²) in [6, 6.07) is 17.0. The van der Waals surface area contributed by atoms with E-state index in [4.69, 9.17) is 16.3 Å². The van der Waals surface area contributed by atoms with Crippen LogP contribution in [0.4, 0.5) is 16.2 Å². The van der Waals surface area contributed by atoms with Crippen molar-refractivity contribution < 1.29 is 9.53 Å². The molecule has 0 saturated heterocycles. The van der Waals surface area contributed by atoms with Gasteiger partial charge in [0.2, 0.25) is 5.88 Å². The van der Waals surface area contributed by atoms with Gasteiger partial charge in [-0.1, -0.05) is 23.7 Å². The lowest BCUT2D eigenvalue weighted by Gasteiger charge is -2.10. The van der Waals surface area contributed by atoms with Crippen molar-refractivity contribution in [3.05, 3.63) is 84.4 Å². The number of carbonyl (C=O) groups is 1. The predicted octanol–water partition coefficient (Wildman–Crippen LogP) is 4.75. The van der Waals surface area contributed by atoms with Crippen molar-refractivity contribution >= 4 is 29.0 Å². The molecule has 0 spiro atoms. The smallest absolute Gasteiger partial charge is 0.323 e. The summed E-state index contributed by atoms with van der Waals surface area (Å²) < 4.78 is 7.36. The van der Waals surface area contributed by atoms with Gasteiger partial charge in [-0.25, -0.2) is 19.4 Å². The average molecular weight is 407 g/mol. The summed E-state index contributed by atoms with van der Waals surface area (Å²) in [4.78, 5) is 20.4. The van der Waals surface area contributed by atoms with Crippen molar-refractivity contribution in [2.75, 3.05) is 10.6 Å². The highest BCUT2D eigenvalue weighted by atomic mass is 35.5. The van der Waals surface area contributed by atoms with Crippen LogP contribution in [0.15, 0.2) is 79.4 Å². The number of amides is 2. The van der Waals surface area contributed by atoms with Crippen LogP contribution in [0.25, 0.3) is 5.82 Å². The third-order valence-electron chi connectivity index (χ3n) is 3.82. The lowest BCUT2D eigenvalue weighted by Crippen LogP contribution is -2.19. The van der Waals surface area contributed by atoms with Crippen LogP contribution in [0.5, 0.6) is 11.6 Å². The molecule has 4 aromatic rings. The first-order valence-electron chi connectivity index (χ1n) is 8.60. The minimum absolute atomic E-state index is 0.377. The van der Waals surface area contributed by atoms with Crippen LogP contribution in [0.1, 0.15) is 0 Å². The molecule has 2 aromatic heterocycles. The number of hydrogen-bond donors (Lipinski definition) is 2. The number of carbonyl (C=O) groups excluding carboxylic acids is 1. The van der Waals surface area contributed by atoms with Crippen LogP contribution < -0.4 is 15.4 Å². The Morgan fingerprint density at radius 2 is 1.83 bits per heavy atom. The monoisotopic (exact) mass is 406 g/mol. The fourth-order valence-corrected chi connectivity index (χ4v) is 2.67. The molecule has 0 saturated carbocycles. The number of para-hydroxylation sites is 1. The molecule has 144 valence electrons. The Bertz CT molecular complexity index is 1120. The van der Waals surface area contributed by atoms with Crippen LogP contribution in [0.2, 0.25) is 5.02 Å². The summed E-state index contributed by atoms with van der Waals surface area (Å²) in [5, 5.41) is 10.0. The third kappa shape index (κ3) is 4.69. The second kappa shape index (κ2) is 8.41. The summed E-state index contributed by atoms with van der Waals surface area (Å²) in [5.74, 6) is 1.53. The van der Waals surface area contributed by atoms with E-state index in [9.17, 15) is 4.79 Å². The van der Waals surface area contributed by atoms with E-state index in [2.05, 4.69) is 25.7 Å². The molecule has 0 fully saturated rings. The Hall–Kier alpha value is -3.91. The largest absolute Gasteiger partial charge is 0.439 e. The molecule has 0 aliphatic heterocycles. The number of rotatable bonds is 5. The summed E-state index contributed by atoms with van der Waals surface area (Å²) in [6.45, 7) is 0. The van der Waals surface area contributed by atoms with E-state index < -0.39 is 6.03 Å². The van der Waals surface area contributed by atoms with E-state index in [-0.39, 0.29) is 0 Å². The van der Waals surface area contributed by atoms with Gasteiger partial charge < -0.3 is 15.4 Å². The van der Waals surface area contributed by atoms with E-state index in [1.807, 2.05) is 0 Å². The maximum absolute atomic E-state index is 12.1.